The number of benzene rings is 3. The second-order valence-corrected chi connectivity index (χ2v) is 9.64. The maximum atomic E-state index is 12.7. The molecule has 8 heteroatoms. The van der Waals surface area contributed by atoms with Crippen LogP contribution in [0.15, 0.2) is 89.1 Å². The molecule has 1 heterocycles. The molecule has 0 aliphatic rings. The number of nitrogens with one attached hydrogen (secondary N) is 2. The molecule has 34 heavy (non-hydrogen) atoms. The van der Waals surface area contributed by atoms with Crippen molar-refractivity contribution in [3.8, 4) is 17.0 Å². The second kappa shape index (κ2) is 11.0. The predicted molar refractivity (Wildman–Crippen MR) is 139 cm³/mol. The third kappa shape index (κ3) is 6.03. The number of amides is 2. The Labute approximate surface area is 206 Å². The van der Waals surface area contributed by atoms with Gasteiger partial charge in [-0.25, -0.2) is 4.98 Å². The molecular weight excluding hydrogens is 466 g/mol. The highest BCUT2D eigenvalue weighted by atomic mass is 32.2. The topological polar surface area (TPSA) is 80.3 Å². The van der Waals surface area contributed by atoms with Gasteiger partial charge in [0.25, 0.3) is 5.91 Å². The van der Waals surface area contributed by atoms with Crippen molar-refractivity contribution in [2.75, 3.05) is 17.7 Å². The summed E-state index contributed by atoms with van der Waals surface area (Å²) in [6, 6.07) is 24.2. The third-order valence-electron chi connectivity index (χ3n) is 4.91. The molecule has 0 radical (unpaired) electrons. The Morgan fingerprint density at radius 2 is 1.76 bits per heavy atom. The van der Waals surface area contributed by atoms with Crippen LogP contribution in [0.4, 0.5) is 10.8 Å². The van der Waals surface area contributed by atoms with E-state index in [1.165, 1.54) is 23.1 Å². The van der Waals surface area contributed by atoms with Crippen LogP contribution in [0, 0.1) is 0 Å². The van der Waals surface area contributed by atoms with E-state index in [9.17, 15) is 9.59 Å². The molecule has 0 spiro atoms. The van der Waals surface area contributed by atoms with Crippen molar-refractivity contribution in [2.24, 2.45) is 0 Å². The summed E-state index contributed by atoms with van der Waals surface area (Å²) < 4.78 is 5.18. The fourth-order valence-corrected chi connectivity index (χ4v) is 4.80. The summed E-state index contributed by atoms with van der Waals surface area (Å²) in [6.45, 7) is 1.84. The van der Waals surface area contributed by atoms with Crippen molar-refractivity contribution >= 4 is 45.7 Å². The van der Waals surface area contributed by atoms with Gasteiger partial charge >= 0.3 is 0 Å². The Kier molecular flexibility index (Phi) is 7.61. The highest BCUT2D eigenvalue weighted by Crippen LogP contribution is 2.29. The summed E-state index contributed by atoms with van der Waals surface area (Å²) in [5.41, 5.74) is 3.00. The molecule has 172 valence electrons. The minimum absolute atomic E-state index is 0.134. The molecule has 3 aromatic carbocycles. The SMILES string of the molecule is COc1cccc(C(=O)Nc2cccc(SC(C)C(=O)Nc3nc(-c4ccccc4)cs3)c2)c1. The van der Waals surface area contributed by atoms with Gasteiger partial charge in [0.1, 0.15) is 5.75 Å². The molecule has 0 aliphatic carbocycles. The van der Waals surface area contributed by atoms with Crippen LogP contribution in [-0.4, -0.2) is 29.2 Å². The Hall–Kier alpha value is -3.62. The largest absolute Gasteiger partial charge is 0.497 e. The summed E-state index contributed by atoms with van der Waals surface area (Å²) in [4.78, 5) is 30.7. The molecule has 4 rings (SSSR count). The van der Waals surface area contributed by atoms with Crippen molar-refractivity contribution in [3.63, 3.8) is 0 Å². The van der Waals surface area contributed by atoms with E-state index in [0.29, 0.717) is 22.1 Å². The maximum absolute atomic E-state index is 12.7. The van der Waals surface area contributed by atoms with E-state index in [1.54, 1.807) is 31.4 Å². The lowest BCUT2D eigenvalue weighted by Crippen LogP contribution is -2.22. The molecule has 1 atom stereocenters. The number of hydrogen-bond donors (Lipinski definition) is 2. The quantitative estimate of drug-likeness (QED) is 0.289. The van der Waals surface area contributed by atoms with Gasteiger partial charge in [-0.1, -0.05) is 42.5 Å². The number of thiazole rings is 1. The monoisotopic (exact) mass is 489 g/mol. The van der Waals surface area contributed by atoms with Crippen LogP contribution in [0.1, 0.15) is 17.3 Å². The Morgan fingerprint density at radius 3 is 2.56 bits per heavy atom. The first-order valence-electron chi connectivity index (χ1n) is 10.6. The van der Waals surface area contributed by atoms with Gasteiger partial charge in [-0.05, 0) is 43.3 Å². The zero-order chi connectivity index (χ0) is 23.9. The second-order valence-electron chi connectivity index (χ2n) is 7.37. The molecular formula is C26H23N3O3S2. The fourth-order valence-electron chi connectivity index (χ4n) is 3.15. The van der Waals surface area contributed by atoms with E-state index in [2.05, 4.69) is 15.6 Å². The molecule has 1 aromatic heterocycles. The number of anilines is 2. The van der Waals surface area contributed by atoms with Crippen LogP contribution in [-0.2, 0) is 4.79 Å². The van der Waals surface area contributed by atoms with Crippen molar-refractivity contribution in [2.45, 2.75) is 17.1 Å². The minimum Gasteiger partial charge on any atom is -0.497 e. The lowest BCUT2D eigenvalue weighted by Gasteiger charge is -2.12. The number of carbonyl (C=O) groups excluding carboxylic acids is 2. The zero-order valence-corrected chi connectivity index (χ0v) is 20.3. The molecule has 1 unspecified atom stereocenters. The average Bonchev–Trinajstić information content (AvgIpc) is 3.33. The maximum Gasteiger partial charge on any atom is 0.255 e. The third-order valence-corrected chi connectivity index (χ3v) is 6.76. The summed E-state index contributed by atoms with van der Waals surface area (Å²) in [5, 5.41) is 7.93. The van der Waals surface area contributed by atoms with Crippen molar-refractivity contribution in [1.29, 1.82) is 0 Å². The average molecular weight is 490 g/mol. The Balaban J connectivity index is 1.36. The Bertz CT molecular complexity index is 1290. The first-order chi connectivity index (χ1) is 16.5. The molecule has 0 fully saturated rings. The highest BCUT2D eigenvalue weighted by molar-refractivity contribution is 8.00. The van der Waals surface area contributed by atoms with Gasteiger partial charge in [0.05, 0.1) is 18.1 Å². The van der Waals surface area contributed by atoms with Crippen molar-refractivity contribution < 1.29 is 14.3 Å². The lowest BCUT2D eigenvalue weighted by molar-refractivity contribution is -0.115. The van der Waals surface area contributed by atoms with E-state index in [0.717, 1.165) is 16.2 Å². The number of hydrogen-bond acceptors (Lipinski definition) is 6. The molecule has 0 bridgehead atoms. The zero-order valence-electron chi connectivity index (χ0n) is 18.6. The van der Waals surface area contributed by atoms with Gasteiger partial charge in [0, 0.05) is 27.1 Å². The predicted octanol–water partition coefficient (Wildman–Crippen LogP) is 6.19. The highest BCUT2D eigenvalue weighted by Gasteiger charge is 2.17. The number of methoxy groups -OCH3 is 1. The van der Waals surface area contributed by atoms with Crippen LogP contribution in [0.3, 0.4) is 0 Å². The number of rotatable bonds is 8. The number of aromatic nitrogens is 1. The van der Waals surface area contributed by atoms with Crippen LogP contribution in [0.2, 0.25) is 0 Å². The van der Waals surface area contributed by atoms with Crippen molar-refractivity contribution in [1.82, 2.24) is 4.98 Å². The van der Waals surface area contributed by atoms with Crippen molar-refractivity contribution in [3.05, 3.63) is 89.8 Å². The van der Waals surface area contributed by atoms with E-state index in [4.69, 9.17) is 4.74 Å². The molecule has 0 aliphatic heterocycles. The van der Waals surface area contributed by atoms with E-state index in [-0.39, 0.29) is 17.1 Å². The van der Waals surface area contributed by atoms with Gasteiger partial charge in [0.2, 0.25) is 5.91 Å². The fraction of sp³-hybridized carbons (Fsp3) is 0.115. The van der Waals surface area contributed by atoms with Gasteiger partial charge in [-0.3, -0.25) is 9.59 Å². The summed E-state index contributed by atoms with van der Waals surface area (Å²) in [5.74, 6) is 0.252. The van der Waals surface area contributed by atoms with Gasteiger partial charge in [-0.15, -0.1) is 23.1 Å². The molecule has 2 N–H and O–H groups in total. The Morgan fingerprint density at radius 1 is 0.971 bits per heavy atom. The van der Waals surface area contributed by atoms with Gasteiger partial charge in [0.15, 0.2) is 5.13 Å². The van der Waals surface area contributed by atoms with Crippen LogP contribution in [0.5, 0.6) is 5.75 Å². The number of ether oxygens (including phenoxy) is 1. The van der Waals surface area contributed by atoms with Gasteiger partial charge in [-0.2, -0.15) is 0 Å². The minimum atomic E-state index is -0.353. The first kappa shape index (κ1) is 23.5. The molecule has 2 amide bonds. The summed E-state index contributed by atoms with van der Waals surface area (Å²) >= 11 is 2.81. The lowest BCUT2D eigenvalue weighted by atomic mass is 10.2. The number of carbonyl (C=O) groups is 2. The van der Waals surface area contributed by atoms with Gasteiger partial charge < -0.3 is 15.4 Å². The first-order valence-corrected chi connectivity index (χ1v) is 12.3. The molecule has 6 nitrogen and oxygen atoms in total. The summed E-state index contributed by atoms with van der Waals surface area (Å²) in [6.07, 6.45) is 0. The van der Waals surface area contributed by atoms with Crippen LogP contribution < -0.4 is 15.4 Å². The van der Waals surface area contributed by atoms with Crippen LogP contribution >= 0.6 is 23.1 Å². The molecule has 0 saturated heterocycles. The van der Waals surface area contributed by atoms with E-state index < -0.39 is 0 Å². The molecule has 0 saturated carbocycles. The van der Waals surface area contributed by atoms with E-state index >= 15 is 0 Å². The molecule has 4 aromatic rings. The standard InChI is InChI=1S/C26H23N3O3S2/c1-17(24(30)29-26-28-23(16-33-26)18-8-4-3-5-9-18)34-22-13-7-11-20(15-22)27-25(31)19-10-6-12-21(14-19)32-2/h3-17H,1-2H3,(H,27,31)(H,28,29,30). The smallest absolute Gasteiger partial charge is 0.255 e. The number of nitrogens with zero attached hydrogens (tertiary/aromatic N) is 1. The van der Waals surface area contributed by atoms with Crippen LogP contribution in [0.25, 0.3) is 11.3 Å². The van der Waals surface area contributed by atoms with E-state index in [1.807, 2.05) is 66.9 Å². The normalized spacial score (nSPS) is 11.5. The number of thioether (sulfide) groups is 1. The summed E-state index contributed by atoms with van der Waals surface area (Å²) in [7, 11) is 1.56.